The second kappa shape index (κ2) is 4.99. The molecule has 0 aliphatic carbocycles. The first-order chi connectivity index (χ1) is 9.24. The number of para-hydroxylation sites is 1. The fourth-order valence-electron chi connectivity index (χ4n) is 2.31. The minimum atomic E-state index is -0.838. The van der Waals surface area contributed by atoms with Gasteiger partial charge in [0.25, 0.3) is 0 Å². The normalized spacial score (nSPS) is 22.7. The molecule has 98 valence electrons. The van der Waals surface area contributed by atoms with Crippen molar-refractivity contribution in [1.82, 2.24) is 0 Å². The van der Waals surface area contributed by atoms with E-state index in [-0.39, 0.29) is 11.9 Å². The lowest BCUT2D eigenvalue weighted by molar-refractivity contribution is -0.0706. The van der Waals surface area contributed by atoms with Gasteiger partial charge >= 0.3 is 0 Å². The summed E-state index contributed by atoms with van der Waals surface area (Å²) in [6.45, 7) is 0. The zero-order valence-electron chi connectivity index (χ0n) is 10.2. The molecule has 1 saturated heterocycles. The number of hydrogen-bond acceptors (Lipinski definition) is 3. The molecule has 1 aliphatic rings. The predicted octanol–water partition coefficient (Wildman–Crippen LogP) is 3.03. The number of hydroxylamine groups is 1. The summed E-state index contributed by atoms with van der Waals surface area (Å²) in [4.78, 5) is 5.44. The molecule has 0 saturated carbocycles. The third-order valence-corrected chi connectivity index (χ3v) is 3.21. The van der Waals surface area contributed by atoms with Crippen LogP contribution in [0.4, 0.5) is 10.1 Å². The van der Waals surface area contributed by atoms with Gasteiger partial charge in [-0.25, -0.2) is 14.3 Å². The molecule has 3 nitrogen and oxygen atoms in total. The van der Waals surface area contributed by atoms with Gasteiger partial charge in [0, 0.05) is 6.42 Å². The largest absolute Gasteiger partial charge is 0.366 e. The van der Waals surface area contributed by atoms with Crippen molar-refractivity contribution in [2.45, 2.75) is 18.8 Å². The van der Waals surface area contributed by atoms with Crippen LogP contribution in [0, 0.1) is 5.82 Å². The van der Waals surface area contributed by atoms with E-state index in [1.807, 2.05) is 30.3 Å². The van der Waals surface area contributed by atoms with Gasteiger partial charge in [-0.05, 0) is 29.8 Å². The Morgan fingerprint density at radius 1 is 1.05 bits per heavy atom. The molecule has 2 aromatic carbocycles. The lowest BCUT2D eigenvalue weighted by atomic mass is 10.0. The van der Waals surface area contributed by atoms with E-state index in [2.05, 4.69) is 0 Å². The molecule has 0 radical (unpaired) electrons. The zero-order valence-corrected chi connectivity index (χ0v) is 10.2. The summed E-state index contributed by atoms with van der Waals surface area (Å²) in [6.07, 6.45) is -0.379. The summed E-state index contributed by atoms with van der Waals surface area (Å²) in [5.74, 6) is -0.269. The average molecular weight is 259 g/mol. The summed E-state index contributed by atoms with van der Waals surface area (Å²) in [5.41, 5.74) is 1.79. The minimum Gasteiger partial charge on any atom is -0.366 e. The van der Waals surface area contributed by atoms with Gasteiger partial charge in [0.2, 0.25) is 0 Å². The molecule has 0 amide bonds. The van der Waals surface area contributed by atoms with Gasteiger partial charge in [0.05, 0.1) is 11.7 Å². The predicted molar refractivity (Wildman–Crippen MR) is 69.8 cm³/mol. The topological polar surface area (TPSA) is 32.7 Å². The molecule has 1 N–H and O–H groups in total. The Morgan fingerprint density at radius 3 is 2.42 bits per heavy atom. The summed E-state index contributed by atoms with van der Waals surface area (Å²) >= 11 is 0. The quantitative estimate of drug-likeness (QED) is 0.899. The molecule has 1 heterocycles. The van der Waals surface area contributed by atoms with Crippen molar-refractivity contribution in [3.63, 3.8) is 0 Å². The smallest absolute Gasteiger partial charge is 0.183 e. The van der Waals surface area contributed by atoms with Crippen molar-refractivity contribution < 1.29 is 14.3 Å². The number of anilines is 1. The van der Waals surface area contributed by atoms with E-state index in [4.69, 9.17) is 4.84 Å². The maximum absolute atomic E-state index is 13.0. The lowest BCUT2D eigenvalue weighted by Crippen LogP contribution is -2.21. The summed E-state index contributed by atoms with van der Waals surface area (Å²) in [5, 5.41) is 11.4. The lowest BCUT2D eigenvalue weighted by Gasteiger charge is -2.24. The second-order valence-corrected chi connectivity index (χ2v) is 4.52. The SMILES string of the molecule is OC1CC(c2ccc(F)cc2)N(c2ccccc2)O1. The fraction of sp³-hybridized carbons (Fsp3) is 0.200. The molecule has 0 bridgehead atoms. The third kappa shape index (κ3) is 2.45. The van der Waals surface area contributed by atoms with Crippen molar-refractivity contribution in [3.05, 3.63) is 66.0 Å². The van der Waals surface area contributed by atoms with Gasteiger partial charge < -0.3 is 5.11 Å². The van der Waals surface area contributed by atoms with Crippen molar-refractivity contribution in [3.8, 4) is 0 Å². The van der Waals surface area contributed by atoms with Gasteiger partial charge in [-0.1, -0.05) is 30.3 Å². The van der Waals surface area contributed by atoms with Gasteiger partial charge in [-0.15, -0.1) is 0 Å². The molecule has 2 aromatic rings. The number of rotatable bonds is 2. The molecule has 2 atom stereocenters. The Morgan fingerprint density at radius 2 is 1.74 bits per heavy atom. The van der Waals surface area contributed by atoms with Crippen LogP contribution in [0.1, 0.15) is 18.0 Å². The van der Waals surface area contributed by atoms with Gasteiger partial charge in [0.15, 0.2) is 6.29 Å². The summed E-state index contributed by atoms with van der Waals surface area (Å²) in [6, 6.07) is 15.7. The van der Waals surface area contributed by atoms with Crippen LogP contribution >= 0.6 is 0 Å². The molecular formula is C15H14FNO2. The van der Waals surface area contributed by atoms with Gasteiger partial charge in [-0.3, -0.25) is 0 Å². The Hall–Kier alpha value is -1.91. The van der Waals surface area contributed by atoms with Crippen LogP contribution in [-0.2, 0) is 4.84 Å². The third-order valence-electron chi connectivity index (χ3n) is 3.21. The highest BCUT2D eigenvalue weighted by molar-refractivity contribution is 5.47. The maximum atomic E-state index is 13.0. The summed E-state index contributed by atoms with van der Waals surface area (Å²) < 4.78 is 13.0. The van der Waals surface area contributed by atoms with E-state index < -0.39 is 6.29 Å². The van der Waals surface area contributed by atoms with E-state index >= 15 is 0 Å². The first-order valence-corrected chi connectivity index (χ1v) is 6.18. The number of halogens is 1. The first-order valence-electron chi connectivity index (χ1n) is 6.18. The van der Waals surface area contributed by atoms with Crippen LogP contribution in [0.2, 0.25) is 0 Å². The van der Waals surface area contributed by atoms with E-state index in [0.717, 1.165) is 11.3 Å². The first kappa shape index (κ1) is 12.1. The van der Waals surface area contributed by atoms with Crippen LogP contribution < -0.4 is 5.06 Å². The number of aliphatic hydroxyl groups is 1. The Bertz CT molecular complexity index is 544. The van der Waals surface area contributed by atoms with Crippen LogP contribution in [-0.4, -0.2) is 11.4 Å². The molecule has 3 rings (SSSR count). The highest BCUT2D eigenvalue weighted by Crippen LogP contribution is 2.37. The van der Waals surface area contributed by atoms with Crippen molar-refractivity contribution in [2.24, 2.45) is 0 Å². The maximum Gasteiger partial charge on any atom is 0.183 e. The molecule has 0 aromatic heterocycles. The van der Waals surface area contributed by atoms with Crippen LogP contribution in [0.25, 0.3) is 0 Å². The molecule has 19 heavy (non-hydrogen) atoms. The number of nitrogens with zero attached hydrogens (tertiary/aromatic N) is 1. The van der Waals surface area contributed by atoms with Crippen LogP contribution in [0.3, 0.4) is 0 Å². The van der Waals surface area contributed by atoms with Crippen LogP contribution in [0.5, 0.6) is 0 Å². The number of benzene rings is 2. The van der Waals surface area contributed by atoms with Crippen molar-refractivity contribution in [1.29, 1.82) is 0 Å². The minimum absolute atomic E-state index is 0.113. The molecule has 1 aliphatic heterocycles. The molecule has 1 fully saturated rings. The van der Waals surface area contributed by atoms with E-state index in [1.54, 1.807) is 17.2 Å². The highest BCUT2D eigenvalue weighted by atomic mass is 19.1. The zero-order chi connectivity index (χ0) is 13.2. The van der Waals surface area contributed by atoms with Gasteiger partial charge in [-0.2, -0.15) is 0 Å². The van der Waals surface area contributed by atoms with Crippen molar-refractivity contribution >= 4 is 5.69 Å². The highest BCUT2D eigenvalue weighted by Gasteiger charge is 2.33. The number of aliphatic hydroxyl groups excluding tert-OH is 1. The molecule has 0 spiro atoms. The molecule has 4 heteroatoms. The Labute approximate surface area is 110 Å². The molecular weight excluding hydrogens is 245 g/mol. The van der Waals surface area contributed by atoms with E-state index in [0.29, 0.717) is 6.42 Å². The fourth-order valence-corrected chi connectivity index (χ4v) is 2.31. The number of hydrogen-bond donors (Lipinski definition) is 1. The Balaban J connectivity index is 1.92. The van der Waals surface area contributed by atoms with E-state index in [1.165, 1.54) is 12.1 Å². The average Bonchev–Trinajstić information content (AvgIpc) is 2.83. The Kier molecular flexibility index (Phi) is 3.19. The second-order valence-electron chi connectivity index (χ2n) is 4.52. The molecule has 2 unspecified atom stereocenters. The standard InChI is InChI=1S/C15H14FNO2/c16-12-8-6-11(7-9-12)14-10-15(18)19-17(14)13-4-2-1-3-5-13/h1-9,14-15,18H,10H2. The van der Waals surface area contributed by atoms with Crippen molar-refractivity contribution in [2.75, 3.05) is 5.06 Å². The van der Waals surface area contributed by atoms with Crippen LogP contribution in [0.15, 0.2) is 54.6 Å². The summed E-state index contributed by atoms with van der Waals surface area (Å²) in [7, 11) is 0. The van der Waals surface area contributed by atoms with E-state index in [9.17, 15) is 9.50 Å². The monoisotopic (exact) mass is 259 g/mol. The van der Waals surface area contributed by atoms with Gasteiger partial charge in [0.1, 0.15) is 5.82 Å².